The van der Waals surface area contributed by atoms with Crippen molar-refractivity contribution < 1.29 is 0 Å². The van der Waals surface area contributed by atoms with Gasteiger partial charge >= 0.3 is 0 Å². The van der Waals surface area contributed by atoms with Gasteiger partial charge in [-0.3, -0.25) is 0 Å². The summed E-state index contributed by atoms with van der Waals surface area (Å²) in [5, 5.41) is 0. The highest BCUT2D eigenvalue weighted by Gasteiger charge is 1.82. The number of hydrogen-bond acceptors (Lipinski definition) is 0. The Bertz CT molecular complexity index is 212. The van der Waals surface area contributed by atoms with Crippen molar-refractivity contribution in [3.63, 3.8) is 0 Å². The normalized spacial score (nSPS) is 13.5. The molecule has 0 rings (SSSR count). The first-order valence-corrected chi connectivity index (χ1v) is 4.76. The van der Waals surface area contributed by atoms with Crippen LogP contribution >= 0.6 is 0 Å². The minimum absolute atomic E-state index is 0.466. The fourth-order valence-corrected chi connectivity index (χ4v) is 0.779. The monoisotopic (exact) mass is 176 g/mol. The molecular formula is C13H20. The zero-order chi connectivity index (χ0) is 10.1. The van der Waals surface area contributed by atoms with Gasteiger partial charge in [-0.25, -0.2) is 0 Å². The Kier molecular flexibility index (Phi) is 6.99. The molecule has 0 aromatic heterocycles. The van der Waals surface area contributed by atoms with Crippen LogP contribution in [0.15, 0.2) is 48.6 Å². The summed E-state index contributed by atoms with van der Waals surface area (Å²) < 4.78 is 0. The summed E-state index contributed by atoms with van der Waals surface area (Å²) in [5.41, 5.74) is 1.37. The van der Waals surface area contributed by atoms with Gasteiger partial charge in [0.2, 0.25) is 0 Å². The molecule has 0 radical (unpaired) electrons. The molecule has 0 heterocycles. The molecule has 0 amide bonds. The third kappa shape index (κ3) is 8.87. The van der Waals surface area contributed by atoms with Crippen molar-refractivity contribution in [1.82, 2.24) is 0 Å². The smallest absolute Gasteiger partial charge is 0.00814 e. The standard InChI is InChI=1S/C13H20/c1-5-13(4)11-9-7-6-8-10-12(2)3/h5-7,9-11,13H,1,8H2,2-4H3/b7-6-,11-9-. The van der Waals surface area contributed by atoms with Crippen LogP contribution in [-0.2, 0) is 0 Å². The number of rotatable bonds is 5. The van der Waals surface area contributed by atoms with Crippen molar-refractivity contribution in [2.24, 2.45) is 5.92 Å². The molecule has 0 aliphatic carbocycles. The number of allylic oxidation sites excluding steroid dienone is 7. The summed E-state index contributed by atoms with van der Waals surface area (Å²) in [5.74, 6) is 0.466. The van der Waals surface area contributed by atoms with Gasteiger partial charge in [-0.1, -0.05) is 49.0 Å². The molecule has 1 unspecified atom stereocenters. The van der Waals surface area contributed by atoms with Gasteiger partial charge in [0.25, 0.3) is 0 Å². The van der Waals surface area contributed by atoms with Crippen LogP contribution in [-0.4, -0.2) is 0 Å². The second-order valence-corrected chi connectivity index (χ2v) is 3.43. The van der Waals surface area contributed by atoms with E-state index in [0.29, 0.717) is 5.92 Å². The van der Waals surface area contributed by atoms with Gasteiger partial charge in [-0.15, -0.1) is 6.58 Å². The van der Waals surface area contributed by atoms with Crippen LogP contribution in [0.2, 0.25) is 0 Å². The number of hydrogen-bond donors (Lipinski definition) is 0. The van der Waals surface area contributed by atoms with Crippen LogP contribution in [0.5, 0.6) is 0 Å². The third-order valence-corrected chi connectivity index (χ3v) is 1.70. The summed E-state index contributed by atoms with van der Waals surface area (Å²) >= 11 is 0. The van der Waals surface area contributed by atoms with E-state index in [9.17, 15) is 0 Å². The molecule has 0 saturated heterocycles. The predicted octanol–water partition coefficient (Wildman–Crippen LogP) is 4.28. The Labute approximate surface area is 82.4 Å². The molecule has 0 nitrogen and oxygen atoms in total. The Morgan fingerprint density at radius 2 is 2.00 bits per heavy atom. The summed E-state index contributed by atoms with van der Waals surface area (Å²) in [4.78, 5) is 0. The topological polar surface area (TPSA) is 0 Å². The SMILES string of the molecule is C=CC(C)/C=C\C=C/CC=C(C)C. The van der Waals surface area contributed by atoms with E-state index in [0.717, 1.165) is 6.42 Å². The van der Waals surface area contributed by atoms with Gasteiger partial charge < -0.3 is 0 Å². The molecule has 13 heavy (non-hydrogen) atoms. The lowest BCUT2D eigenvalue weighted by molar-refractivity contribution is 0.944. The molecule has 0 N–H and O–H groups in total. The summed E-state index contributed by atoms with van der Waals surface area (Å²) in [6, 6.07) is 0. The maximum Gasteiger partial charge on any atom is -0.00814 e. The maximum absolute atomic E-state index is 3.71. The molecule has 0 aromatic carbocycles. The fraction of sp³-hybridized carbons (Fsp3) is 0.385. The van der Waals surface area contributed by atoms with E-state index in [2.05, 4.69) is 57.7 Å². The van der Waals surface area contributed by atoms with Crippen LogP contribution in [0.4, 0.5) is 0 Å². The summed E-state index contributed by atoms with van der Waals surface area (Å²) in [6.07, 6.45) is 13.6. The van der Waals surface area contributed by atoms with Crippen molar-refractivity contribution in [2.45, 2.75) is 27.2 Å². The van der Waals surface area contributed by atoms with E-state index in [-0.39, 0.29) is 0 Å². The molecular weight excluding hydrogens is 156 g/mol. The van der Waals surface area contributed by atoms with Gasteiger partial charge in [-0.2, -0.15) is 0 Å². The Morgan fingerprint density at radius 1 is 1.31 bits per heavy atom. The predicted molar refractivity (Wildman–Crippen MR) is 61.7 cm³/mol. The molecule has 0 bridgehead atoms. The first-order chi connectivity index (χ1) is 6.16. The van der Waals surface area contributed by atoms with E-state index in [1.807, 2.05) is 6.08 Å². The zero-order valence-corrected chi connectivity index (χ0v) is 8.96. The molecule has 0 saturated carbocycles. The molecule has 72 valence electrons. The van der Waals surface area contributed by atoms with Crippen molar-refractivity contribution in [2.75, 3.05) is 0 Å². The van der Waals surface area contributed by atoms with Crippen LogP contribution < -0.4 is 0 Å². The van der Waals surface area contributed by atoms with Gasteiger partial charge in [0.15, 0.2) is 0 Å². The molecule has 1 atom stereocenters. The Balaban J connectivity index is 3.69. The summed E-state index contributed by atoms with van der Waals surface area (Å²) in [7, 11) is 0. The van der Waals surface area contributed by atoms with E-state index in [1.54, 1.807) is 0 Å². The lowest BCUT2D eigenvalue weighted by Gasteiger charge is -1.92. The second-order valence-electron chi connectivity index (χ2n) is 3.43. The van der Waals surface area contributed by atoms with Crippen molar-refractivity contribution in [1.29, 1.82) is 0 Å². The second kappa shape index (κ2) is 7.60. The van der Waals surface area contributed by atoms with Crippen LogP contribution in [0, 0.1) is 5.92 Å². The van der Waals surface area contributed by atoms with Crippen molar-refractivity contribution in [3.8, 4) is 0 Å². The quantitative estimate of drug-likeness (QED) is 0.433. The lowest BCUT2D eigenvalue weighted by atomic mass is 10.1. The third-order valence-electron chi connectivity index (χ3n) is 1.70. The Morgan fingerprint density at radius 3 is 2.54 bits per heavy atom. The highest BCUT2D eigenvalue weighted by Crippen LogP contribution is 1.98. The van der Waals surface area contributed by atoms with Crippen LogP contribution in [0.1, 0.15) is 27.2 Å². The molecule has 0 fully saturated rings. The molecule has 0 heteroatoms. The van der Waals surface area contributed by atoms with E-state index in [1.165, 1.54) is 5.57 Å². The van der Waals surface area contributed by atoms with Crippen molar-refractivity contribution in [3.05, 3.63) is 48.6 Å². The Hall–Kier alpha value is -1.04. The average Bonchev–Trinajstić information content (AvgIpc) is 2.10. The van der Waals surface area contributed by atoms with E-state index in [4.69, 9.17) is 0 Å². The van der Waals surface area contributed by atoms with Gasteiger partial charge in [0.1, 0.15) is 0 Å². The maximum atomic E-state index is 3.71. The molecule has 0 spiro atoms. The van der Waals surface area contributed by atoms with Crippen molar-refractivity contribution >= 4 is 0 Å². The highest BCUT2D eigenvalue weighted by atomic mass is 13.9. The lowest BCUT2D eigenvalue weighted by Crippen LogP contribution is -1.77. The van der Waals surface area contributed by atoms with Gasteiger partial charge in [0.05, 0.1) is 0 Å². The zero-order valence-electron chi connectivity index (χ0n) is 8.96. The van der Waals surface area contributed by atoms with Gasteiger partial charge in [-0.05, 0) is 26.2 Å². The molecule has 0 aliphatic heterocycles. The van der Waals surface area contributed by atoms with E-state index >= 15 is 0 Å². The van der Waals surface area contributed by atoms with E-state index < -0.39 is 0 Å². The minimum atomic E-state index is 0.466. The van der Waals surface area contributed by atoms with Crippen LogP contribution in [0.3, 0.4) is 0 Å². The first kappa shape index (κ1) is 12.0. The average molecular weight is 176 g/mol. The van der Waals surface area contributed by atoms with Gasteiger partial charge in [0, 0.05) is 0 Å². The largest absolute Gasteiger partial charge is 0.102 e. The molecule has 0 aliphatic rings. The molecule has 0 aromatic rings. The summed E-state index contributed by atoms with van der Waals surface area (Å²) in [6.45, 7) is 10.1. The minimum Gasteiger partial charge on any atom is -0.102 e. The van der Waals surface area contributed by atoms with Crippen LogP contribution in [0.25, 0.3) is 0 Å². The fourth-order valence-electron chi connectivity index (χ4n) is 0.779. The highest BCUT2D eigenvalue weighted by molar-refractivity contribution is 5.08. The first-order valence-electron chi connectivity index (χ1n) is 4.76.